The van der Waals surface area contributed by atoms with Gasteiger partial charge in [-0.1, -0.05) is 0 Å². The van der Waals surface area contributed by atoms with Crippen LogP contribution >= 0.6 is 0 Å². The van der Waals surface area contributed by atoms with Crippen molar-refractivity contribution in [2.75, 3.05) is 0 Å². The molecular weight excluding hydrogens is 168 g/mol. The maximum absolute atomic E-state index is 10.3. The van der Waals surface area contributed by atoms with Gasteiger partial charge in [0.05, 0.1) is 0 Å². The minimum atomic E-state index is -0.695. The summed E-state index contributed by atoms with van der Waals surface area (Å²) in [6, 6.07) is 7.16. The third kappa shape index (κ3) is 2.51. The van der Waals surface area contributed by atoms with E-state index >= 15 is 0 Å². The zero-order valence-electron chi connectivity index (χ0n) is 7.20. The first-order chi connectivity index (χ1) is 5.72. The van der Waals surface area contributed by atoms with E-state index in [1.54, 1.807) is 12.1 Å². The first kappa shape index (κ1) is 9.00. The molecule has 0 N–H and O–H groups in total. The predicted octanol–water partition coefficient (Wildman–Crippen LogP) is 2.13. The summed E-state index contributed by atoms with van der Waals surface area (Å²) in [5, 5.41) is 0. The normalized spacial score (nSPS) is 9.92. The molecule has 1 aromatic rings. The summed E-state index contributed by atoms with van der Waals surface area (Å²) in [5.74, 6) is 0.847. The van der Waals surface area contributed by atoms with Crippen molar-refractivity contribution in [1.82, 2.24) is 0 Å². The van der Waals surface area contributed by atoms with Crippen molar-refractivity contribution < 1.29 is 9.22 Å². The van der Waals surface area contributed by atoms with Crippen LogP contribution in [0.1, 0.15) is 10.4 Å². The summed E-state index contributed by atoms with van der Waals surface area (Å²) in [7, 11) is -0.695. The fourth-order valence-corrected chi connectivity index (χ4v) is 1.46. The van der Waals surface area contributed by atoms with E-state index in [1.807, 2.05) is 12.1 Å². The van der Waals surface area contributed by atoms with E-state index in [1.165, 1.54) is 0 Å². The van der Waals surface area contributed by atoms with Crippen molar-refractivity contribution in [2.45, 2.75) is 13.1 Å². The molecule has 3 heteroatoms. The van der Waals surface area contributed by atoms with Crippen LogP contribution in [-0.4, -0.2) is 15.3 Å². The minimum Gasteiger partial charge on any atom is -0.543 e. The molecular formula is C9H11O2Si. The van der Waals surface area contributed by atoms with Crippen molar-refractivity contribution in [3.05, 3.63) is 29.8 Å². The summed E-state index contributed by atoms with van der Waals surface area (Å²) in [4.78, 5) is 10.3. The smallest absolute Gasteiger partial charge is 0.274 e. The highest BCUT2D eigenvalue weighted by molar-refractivity contribution is 6.49. The minimum absolute atomic E-state index is 0.684. The molecule has 0 saturated carbocycles. The predicted molar refractivity (Wildman–Crippen MR) is 49.9 cm³/mol. The van der Waals surface area contributed by atoms with Crippen molar-refractivity contribution >= 4 is 15.3 Å². The zero-order chi connectivity index (χ0) is 8.97. The lowest BCUT2D eigenvalue weighted by Crippen LogP contribution is -2.10. The summed E-state index contributed by atoms with van der Waals surface area (Å²) in [5.41, 5.74) is 0.684. The highest BCUT2D eigenvalue weighted by Crippen LogP contribution is 2.11. The number of aldehydes is 1. The molecule has 0 spiro atoms. The molecule has 0 aromatic heterocycles. The van der Waals surface area contributed by atoms with Crippen LogP contribution in [0.15, 0.2) is 24.3 Å². The molecule has 12 heavy (non-hydrogen) atoms. The number of benzene rings is 1. The first-order valence-corrected chi connectivity index (χ1v) is 6.16. The number of carbonyl (C=O) groups excluding carboxylic acids is 1. The van der Waals surface area contributed by atoms with E-state index in [2.05, 4.69) is 13.1 Å². The molecule has 0 fully saturated rings. The molecule has 1 radical (unpaired) electrons. The fraction of sp³-hybridized carbons (Fsp3) is 0.222. The second kappa shape index (κ2) is 4.06. The molecule has 0 atom stereocenters. The van der Waals surface area contributed by atoms with Crippen molar-refractivity contribution in [2.24, 2.45) is 0 Å². The van der Waals surface area contributed by atoms with E-state index < -0.39 is 9.04 Å². The van der Waals surface area contributed by atoms with Gasteiger partial charge in [0.2, 0.25) is 0 Å². The highest BCUT2D eigenvalue weighted by atomic mass is 28.3. The van der Waals surface area contributed by atoms with E-state index in [0.717, 1.165) is 12.0 Å². The molecule has 0 unspecified atom stereocenters. The van der Waals surface area contributed by atoms with Gasteiger partial charge in [-0.2, -0.15) is 0 Å². The van der Waals surface area contributed by atoms with E-state index in [4.69, 9.17) is 4.43 Å². The van der Waals surface area contributed by atoms with Crippen LogP contribution in [-0.2, 0) is 0 Å². The van der Waals surface area contributed by atoms with Gasteiger partial charge in [0.1, 0.15) is 12.0 Å². The summed E-state index contributed by atoms with van der Waals surface area (Å²) in [6.45, 7) is 4.14. The number of hydrogen-bond acceptors (Lipinski definition) is 2. The Hall–Kier alpha value is -1.09. The summed E-state index contributed by atoms with van der Waals surface area (Å²) >= 11 is 0. The topological polar surface area (TPSA) is 26.3 Å². The van der Waals surface area contributed by atoms with Crippen molar-refractivity contribution in [3.63, 3.8) is 0 Å². The molecule has 0 bridgehead atoms. The Balaban J connectivity index is 2.71. The molecule has 0 heterocycles. The quantitative estimate of drug-likeness (QED) is 0.525. The van der Waals surface area contributed by atoms with Gasteiger partial charge < -0.3 is 4.43 Å². The van der Waals surface area contributed by atoms with Gasteiger partial charge in [-0.25, -0.2) is 0 Å². The van der Waals surface area contributed by atoms with Crippen LogP contribution in [0, 0.1) is 0 Å². The Morgan fingerprint density at radius 3 is 2.25 bits per heavy atom. The molecule has 0 amide bonds. The Morgan fingerprint density at radius 1 is 1.25 bits per heavy atom. The Labute approximate surface area is 73.9 Å². The van der Waals surface area contributed by atoms with Gasteiger partial charge in [-0.05, 0) is 37.4 Å². The summed E-state index contributed by atoms with van der Waals surface area (Å²) in [6.07, 6.45) is 0.827. The molecule has 2 nitrogen and oxygen atoms in total. The standard InChI is InChI=1S/C9H11O2Si/c1-12(2)11-9-5-3-8(7-10)4-6-9/h3-7H,1-2H3. The van der Waals surface area contributed by atoms with Gasteiger partial charge in [0.25, 0.3) is 9.04 Å². The fourth-order valence-electron chi connectivity index (χ4n) is 0.850. The Kier molecular flexibility index (Phi) is 3.05. The molecule has 0 aliphatic rings. The average molecular weight is 179 g/mol. The van der Waals surface area contributed by atoms with Crippen LogP contribution in [0.2, 0.25) is 13.1 Å². The Morgan fingerprint density at radius 2 is 1.83 bits per heavy atom. The molecule has 1 rings (SSSR count). The molecule has 63 valence electrons. The largest absolute Gasteiger partial charge is 0.543 e. The highest BCUT2D eigenvalue weighted by Gasteiger charge is 1.99. The van der Waals surface area contributed by atoms with Gasteiger partial charge >= 0.3 is 0 Å². The van der Waals surface area contributed by atoms with Crippen LogP contribution in [0.4, 0.5) is 0 Å². The summed E-state index contributed by atoms with van der Waals surface area (Å²) < 4.78 is 5.50. The van der Waals surface area contributed by atoms with Gasteiger partial charge in [0.15, 0.2) is 0 Å². The lowest BCUT2D eigenvalue weighted by Gasteiger charge is -2.07. The number of carbonyl (C=O) groups is 1. The second-order valence-electron chi connectivity index (χ2n) is 2.70. The van der Waals surface area contributed by atoms with Crippen molar-refractivity contribution in [3.8, 4) is 5.75 Å². The molecule has 0 saturated heterocycles. The van der Waals surface area contributed by atoms with Crippen molar-refractivity contribution in [1.29, 1.82) is 0 Å². The van der Waals surface area contributed by atoms with E-state index in [0.29, 0.717) is 5.56 Å². The number of rotatable bonds is 3. The first-order valence-electron chi connectivity index (χ1n) is 3.75. The van der Waals surface area contributed by atoms with Crippen LogP contribution in [0.25, 0.3) is 0 Å². The van der Waals surface area contributed by atoms with Crippen LogP contribution < -0.4 is 4.43 Å². The lowest BCUT2D eigenvalue weighted by atomic mass is 10.2. The van der Waals surface area contributed by atoms with Gasteiger partial charge in [-0.3, -0.25) is 4.79 Å². The van der Waals surface area contributed by atoms with E-state index in [-0.39, 0.29) is 0 Å². The molecule has 0 aliphatic carbocycles. The molecule has 0 aliphatic heterocycles. The zero-order valence-corrected chi connectivity index (χ0v) is 8.20. The second-order valence-corrected chi connectivity index (χ2v) is 4.72. The third-order valence-corrected chi connectivity index (χ3v) is 1.98. The van der Waals surface area contributed by atoms with Gasteiger partial charge in [0, 0.05) is 5.56 Å². The van der Waals surface area contributed by atoms with Crippen LogP contribution in [0.3, 0.4) is 0 Å². The van der Waals surface area contributed by atoms with E-state index in [9.17, 15) is 4.79 Å². The van der Waals surface area contributed by atoms with Crippen LogP contribution in [0.5, 0.6) is 5.75 Å². The maximum atomic E-state index is 10.3. The molecule has 1 aromatic carbocycles. The lowest BCUT2D eigenvalue weighted by molar-refractivity contribution is 0.112. The number of hydrogen-bond donors (Lipinski definition) is 0. The Bertz CT molecular complexity index is 254. The maximum Gasteiger partial charge on any atom is 0.274 e. The third-order valence-electron chi connectivity index (χ3n) is 1.34. The SMILES string of the molecule is C[Si](C)Oc1ccc(C=O)cc1. The monoisotopic (exact) mass is 179 g/mol. The average Bonchev–Trinajstić information content (AvgIpc) is 2.05. The van der Waals surface area contributed by atoms with Gasteiger partial charge in [-0.15, -0.1) is 0 Å².